The molecule has 0 aliphatic heterocycles. The van der Waals surface area contributed by atoms with Gasteiger partial charge < -0.3 is 20.4 Å². The van der Waals surface area contributed by atoms with Crippen LogP contribution in [0.25, 0.3) is 21.5 Å². The van der Waals surface area contributed by atoms with Crippen LogP contribution in [-0.4, -0.2) is 20.4 Å². The SMILES string of the molecule is Oc1cc2ccccc2cc1C(O)CCCCCCC(O)c1cc2ccccc2cc1O. The standard InChI is InChI=1S/C28H30O4/c29-25(23-15-19-9-5-7-11-21(19)17-27(23)31)13-3-1-2-4-14-26(30)24-16-20-10-6-8-12-22(20)18-28(24)32/h5-12,15-18,25-26,29-32H,1-4,13-14H2. The van der Waals surface area contributed by atoms with Crippen LogP contribution < -0.4 is 0 Å². The highest BCUT2D eigenvalue weighted by Crippen LogP contribution is 2.34. The van der Waals surface area contributed by atoms with E-state index in [0.717, 1.165) is 47.2 Å². The van der Waals surface area contributed by atoms with Gasteiger partial charge in [0.05, 0.1) is 12.2 Å². The quantitative estimate of drug-likeness (QED) is 0.228. The van der Waals surface area contributed by atoms with Crippen LogP contribution in [-0.2, 0) is 0 Å². The van der Waals surface area contributed by atoms with Gasteiger partial charge in [-0.2, -0.15) is 0 Å². The van der Waals surface area contributed by atoms with Crippen molar-refractivity contribution < 1.29 is 20.4 Å². The Kier molecular flexibility index (Phi) is 6.93. The van der Waals surface area contributed by atoms with Crippen LogP contribution in [0.2, 0.25) is 0 Å². The van der Waals surface area contributed by atoms with Gasteiger partial charge in [0.2, 0.25) is 0 Å². The normalized spacial score (nSPS) is 13.4. The molecule has 4 N–H and O–H groups in total. The van der Waals surface area contributed by atoms with Gasteiger partial charge in [-0.1, -0.05) is 74.2 Å². The first kappa shape index (κ1) is 22.1. The summed E-state index contributed by atoms with van der Waals surface area (Å²) < 4.78 is 0. The third-order valence-electron chi connectivity index (χ3n) is 6.21. The van der Waals surface area contributed by atoms with E-state index in [-0.39, 0.29) is 11.5 Å². The number of fused-ring (bicyclic) bond motifs is 2. The Labute approximate surface area is 188 Å². The molecular weight excluding hydrogens is 400 g/mol. The van der Waals surface area contributed by atoms with Gasteiger partial charge in [-0.05, 0) is 58.7 Å². The van der Waals surface area contributed by atoms with Gasteiger partial charge in [-0.3, -0.25) is 0 Å². The van der Waals surface area contributed by atoms with Crippen LogP contribution in [0.15, 0.2) is 72.8 Å². The van der Waals surface area contributed by atoms with Crippen molar-refractivity contribution in [3.63, 3.8) is 0 Å². The van der Waals surface area contributed by atoms with Crippen LogP contribution in [0.4, 0.5) is 0 Å². The number of aromatic hydroxyl groups is 2. The Bertz CT molecular complexity index is 1110. The van der Waals surface area contributed by atoms with Crippen LogP contribution in [0.3, 0.4) is 0 Å². The summed E-state index contributed by atoms with van der Waals surface area (Å²) in [6, 6.07) is 22.7. The minimum atomic E-state index is -0.695. The molecule has 166 valence electrons. The Morgan fingerprint density at radius 1 is 0.500 bits per heavy atom. The zero-order valence-electron chi connectivity index (χ0n) is 18.1. The number of benzene rings is 4. The Hall–Kier alpha value is -3.08. The first-order chi connectivity index (χ1) is 15.5. The summed E-state index contributed by atoms with van der Waals surface area (Å²) in [6.07, 6.45) is 3.32. The van der Waals surface area contributed by atoms with Crippen LogP contribution in [0, 0.1) is 0 Å². The molecule has 0 aliphatic rings. The van der Waals surface area contributed by atoms with Gasteiger partial charge in [0.1, 0.15) is 11.5 Å². The van der Waals surface area contributed by atoms with E-state index in [1.807, 2.05) is 60.7 Å². The van der Waals surface area contributed by atoms with E-state index in [9.17, 15) is 20.4 Å². The summed E-state index contributed by atoms with van der Waals surface area (Å²) in [7, 11) is 0. The van der Waals surface area contributed by atoms with E-state index < -0.39 is 12.2 Å². The summed E-state index contributed by atoms with van der Waals surface area (Å²) in [4.78, 5) is 0. The molecule has 2 unspecified atom stereocenters. The number of hydrogen-bond donors (Lipinski definition) is 4. The van der Waals surface area contributed by atoms with Crippen LogP contribution >= 0.6 is 0 Å². The molecule has 0 fully saturated rings. The van der Waals surface area contributed by atoms with Crippen molar-refractivity contribution in [1.82, 2.24) is 0 Å². The average Bonchev–Trinajstić information content (AvgIpc) is 2.80. The highest BCUT2D eigenvalue weighted by molar-refractivity contribution is 5.85. The molecule has 0 radical (unpaired) electrons. The predicted octanol–water partition coefficient (Wildman–Crippen LogP) is 6.51. The van der Waals surface area contributed by atoms with E-state index in [1.54, 1.807) is 12.1 Å². The number of phenols is 2. The first-order valence-corrected chi connectivity index (χ1v) is 11.3. The van der Waals surface area contributed by atoms with E-state index >= 15 is 0 Å². The van der Waals surface area contributed by atoms with Crippen molar-refractivity contribution in [2.45, 2.75) is 50.7 Å². The van der Waals surface area contributed by atoms with E-state index in [0.29, 0.717) is 24.0 Å². The summed E-state index contributed by atoms with van der Waals surface area (Å²) in [5, 5.41) is 45.5. The second-order valence-electron chi connectivity index (χ2n) is 8.54. The molecule has 0 spiro atoms. The third-order valence-corrected chi connectivity index (χ3v) is 6.21. The lowest BCUT2D eigenvalue weighted by molar-refractivity contribution is 0.154. The molecule has 0 aromatic heterocycles. The van der Waals surface area contributed by atoms with Gasteiger partial charge in [0, 0.05) is 11.1 Å². The largest absolute Gasteiger partial charge is 0.508 e. The smallest absolute Gasteiger partial charge is 0.122 e. The van der Waals surface area contributed by atoms with E-state index in [2.05, 4.69) is 0 Å². The Morgan fingerprint density at radius 3 is 1.22 bits per heavy atom. The molecule has 0 saturated heterocycles. The van der Waals surface area contributed by atoms with Crippen molar-refractivity contribution in [2.75, 3.05) is 0 Å². The van der Waals surface area contributed by atoms with Crippen LogP contribution in [0.1, 0.15) is 61.9 Å². The number of aliphatic hydroxyl groups excluding tert-OH is 2. The molecule has 0 amide bonds. The zero-order chi connectivity index (χ0) is 22.5. The molecule has 0 heterocycles. The molecule has 4 heteroatoms. The van der Waals surface area contributed by atoms with Crippen molar-refractivity contribution in [1.29, 1.82) is 0 Å². The molecule has 0 aliphatic carbocycles. The highest BCUT2D eigenvalue weighted by atomic mass is 16.3. The number of unbranched alkanes of at least 4 members (excludes halogenated alkanes) is 3. The fourth-order valence-corrected chi connectivity index (χ4v) is 4.37. The van der Waals surface area contributed by atoms with Crippen LogP contribution in [0.5, 0.6) is 11.5 Å². The number of rotatable bonds is 9. The van der Waals surface area contributed by atoms with E-state index in [1.165, 1.54) is 0 Å². The second-order valence-corrected chi connectivity index (χ2v) is 8.54. The highest BCUT2D eigenvalue weighted by Gasteiger charge is 2.15. The monoisotopic (exact) mass is 430 g/mol. The predicted molar refractivity (Wildman–Crippen MR) is 129 cm³/mol. The zero-order valence-corrected chi connectivity index (χ0v) is 18.1. The van der Waals surface area contributed by atoms with Crippen molar-refractivity contribution >= 4 is 21.5 Å². The molecule has 4 aromatic rings. The number of phenolic OH excluding ortho intramolecular Hbond substituents is 2. The summed E-state index contributed by atoms with van der Waals surface area (Å²) in [5.41, 5.74) is 1.15. The lowest BCUT2D eigenvalue weighted by atomic mass is 9.97. The molecule has 4 rings (SSSR count). The fraction of sp³-hybridized carbons (Fsp3) is 0.286. The van der Waals surface area contributed by atoms with Gasteiger partial charge in [-0.15, -0.1) is 0 Å². The van der Waals surface area contributed by atoms with Gasteiger partial charge in [0.15, 0.2) is 0 Å². The van der Waals surface area contributed by atoms with Gasteiger partial charge >= 0.3 is 0 Å². The number of aliphatic hydroxyl groups is 2. The van der Waals surface area contributed by atoms with Gasteiger partial charge in [0.25, 0.3) is 0 Å². The molecule has 2 atom stereocenters. The Morgan fingerprint density at radius 2 is 0.844 bits per heavy atom. The van der Waals surface area contributed by atoms with Crippen molar-refractivity contribution in [3.8, 4) is 11.5 Å². The van der Waals surface area contributed by atoms with Crippen molar-refractivity contribution in [3.05, 3.63) is 83.9 Å². The maximum absolute atomic E-state index is 10.5. The summed E-state index contributed by atoms with van der Waals surface area (Å²) in [6.45, 7) is 0. The molecule has 0 bridgehead atoms. The maximum Gasteiger partial charge on any atom is 0.122 e. The molecule has 0 saturated carbocycles. The molecule has 32 heavy (non-hydrogen) atoms. The lowest BCUT2D eigenvalue weighted by Crippen LogP contribution is -2.00. The maximum atomic E-state index is 10.5. The molecule has 4 aromatic carbocycles. The van der Waals surface area contributed by atoms with Gasteiger partial charge in [-0.25, -0.2) is 0 Å². The summed E-state index contributed by atoms with van der Waals surface area (Å²) in [5.74, 6) is 0.268. The minimum absolute atomic E-state index is 0.134. The average molecular weight is 431 g/mol. The number of hydrogen-bond acceptors (Lipinski definition) is 4. The first-order valence-electron chi connectivity index (χ1n) is 11.3. The van der Waals surface area contributed by atoms with E-state index in [4.69, 9.17) is 0 Å². The molecule has 4 nitrogen and oxygen atoms in total. The topological polar surface area (TPSA) is 80.9 Å². The minimum Gasteiger partial charge on any atom is -0.508 e. The lowest BCUT2D eigenvalue weighted by Gasteiger charge is -2.15. The second kappa shape index (κ2) is 10.0. The van der Waals surface area contributed by atoms with Crippen molar-refractivity contribution in [2.24, 2.45) is 0 Å². The fourth-order valence-electron chi connectivity index (χ4n) is 4.37. The Balaban J connectivity index is 1.24. The summed E-state index contributed by atoms with van der Waals surface area (Å²) >= 11 is 0. The molecular formula is C28H30O4. The third kappa shape index (κ3) is 5.04.